The van der Waals surface area contributed by atoms with Gasteiger partial charge in [-0.2, -0.15) is 0 Å². The highest BCUT2D eigenvalue weighted by atomic mass is 16.5. The fourth-order valence-corrected chi connectivity index (χ4v) is 4.24. The summed E-state index contributed by atoms with van der Waals surface area (Å²) in [5.41, 5.74) is 1.51. The second-order valence-electron chi connectivity index (χ2n) is 10.0. The number of hydrogen-bond acceptors (Lipinski definition) is 7. The van der Waals surface area contributed by atoms with Crippen molar-refractivity contribution < 1.29 is 43.6 Å². The summed E-state index contributed by atoms with van der Waals surface area (Å²) in [4.78, 5) is 47.2. The van der Waals surface area contributed by atoms with Crippen molar-refractivity contribution in [1.29, 1.82) is 0 Å². The molecule has 4 aromatic carbocycles. The molecule has 230 valence electrons. The molecule has 9 heteroatoms. The summed E-state index contributed by atoms with van der Waals surface area (Å²) in [6, 6.07) is 26.2. The molecule has 0 aliphatic carbocycles. The van der Waals surface area contributed by atoms with Crippen LogP contribution in [0, 0.1) is 0 Å². The lowest BCUT2D eigenvalue weighted by Gasteiger charge is -2.09. The highest BCUT2D eigenvalue weighted by molar-refractivity contribution is 6.06. The number of benzene rings is 4. The van der Waals surface area contributed by atoms with Crippen molar-refractivity contribution in [3.63, 3.8) is 0 Å². The van der Waals surface area contributed by atoms with Crippen LogP contribution < -0.4 is 14.2 Å². The number of allylic oxidation sites excluding steroid dienone is 1. The van der Waals surface area contributed by atoms with Gasteiger partial charge in [-0.05, 0) is 91.9 Å². The second kappa shape index (κ2) is 16.2. The number of hydrogen-bond donors (Lipinski definition) is 2. The molecule has 4 rings (SSSR count). The van der Waals surface area contributed by atoms with Gasteiger partial charge in [-0.25, -0.2) is 14.4 Å². The van der Waals surface area contributed by atoms with Crippen LogP contribution in [-0.2, 0) is 0 Å². The van der Waals surface area contributed by atoms with Crippen molar-refractivity contribution in [2.75, 3.05) is 13.2 Å². The summed E-state index contributed by atoms with van der Waals surface area (Å²) in [6.07, 6.45) is 6.45. The Balaban J connectivity index is 1.13. The molecule has 0 radical (unpaired) electrons. The SMILES string of the molecule is O=C(O)c1cc(OCCCCCCOc2ccc(C(=O)Oc3ccc(C=CC(=O)c4ccccc4)cc3)cc2)cc(C(=O)O)c1. The van der Waals surface area contributed by atoms with E-state index in [-0.39, 0.29) is 22.7 Å². The van der Waals surface area contributed by atoms with E-state index >= 15 is 0 Å². The van der Waals surface area contributed by atoms with Crippen molar-refractivity contribution in [2.24, 2.45) is 0 Å². The van der Waals surface area contributed by atoms with Crippen molar-refractivity contribution in [2.45, 2.75) is 25.7 Å². The molecule has 2 N–H and O–H groups in total. The smallest absolute Gasteiger partial charge is 0.343 e. The van der Waals surface area contributed by atoms with E-state index in [1.165, 1.54) is 18.2 Å². The van der Waals surface area contributed by atoms with Gasteiger partial charge in [0, 0.05) is 5.56 Å². The molecule has 0 saturated carbocycles. The largest absolute Gasteiger partial charge is 0.494 e. The maximum absolute atomic E-state index is 12.6. The van der Waals surface area contributed by atoms with E-state index < -0.39 is 17.9 Å². The normalized spacial score (nSPS) is 10.8. The Kier molecular flexibility index (Phi) is 11.6. The average molecular weight is 609 g/mol. The standard InChI is InChI=1S/C36H32O9/c37-33(26-8-4-3-5-9-26)19-12-25-10-15-31(16-11-25)45-36(42)27-13-17-30(18-14-27)43-20-6-1-2-7-21-44-32-23-28(34(38)39)22-29(24-32)35(40)41/h3-5,8-19,22-24H,1-2,6-7,20-21H2,(H,38,39)(H,40,41). The van der Waals surface area contributed by atoms with Crippen LogP contribution in [-0.4, -0.2) is 47.1 Å². The Morgan fingerprint density at radius 2 is 1.11 bits per heavy atom. The lowest BCUT2D eigenvalue weighted by Crippen LogP contribution is -2.08. The van der Waals surface area contributed by atoms with Gasteiger partial charge in [-0.3, -0.25) is 4.79 Å². The minimum absolute atomic E-state index is 0.0940. The molecule has 0 fully saturated rings. The van der Waals surface area contributed by atoms with Gasteiger partial charge in [-0.15, -0.1) is 0 Å². The van der Waals surface area contributed by atoms with Crippen molar-refractivity contribution in [3.8, 4) is 17.2 Å². The highest BCUT2D eigenvalue weighted by Gasteiger charge is 2.12. The first-order valence-electron chi connectivity index (χ1n) is 14.4. The zero-order chi connectivity index (χ0) is 32.0. The third-order valence-electron chi connectivity index (χ3n) is 6.64. The second-order valence-corrected chi connectivity index (χ2v) is 10.0. The molecule has 45 heavy (non-hydrogen) atoms. The highest BCUT2D eigenvalue weighted by Crippen LogP contribution is 2.20. The van der Waals surface area contributed by atoms with Crippen molar-refractivity contribution in [1.82, 2.24) is 0 Å². The number of ether oxygens (including phenoxy) is 3. The monoisotopic (exact) mass is 608 g/mol. The quantitative estimate of drug-likeness (QED) is 0.0444. The van der Waals surface area contributed by atoms with Crippen LogP contribution in [0.5, 0.6) is 17.2 Å². The zero-order valence-corrected chi connectivity index (χ0v) is 24.4. The summed E-state index contributed by atoms with van der Waals surface area (Å²) < 4.78 is 16.8. The maximum atomic E-state index is 12.6. The minimum atomic E-state index is -1.22. The molecule has 0 aliphatic heterocycles. The van der Waals surface area contributed by atoms with E-state index in [2.05, 4.69) is 0 Å². The van der Waals surface area contributed by atoms with Crippen LogP contribution in [0.25, 0.3) is 6.08 Å². The van der Waals surface area contributed by atoms with E-state index in [0.717, 1.165) is 30.9 Å². The van der Waals surface area contributed by atoms with Gasteiger partial charge in [0.25, 0.3) is 0 Å². The molecule has 0 unspecified atom stereocenters. The fourth-order valence-electron chi connectivity index (χ4n) is 4.24. The first-order valence-corrected chi connectivity index (χ1v) is 14.4. The molecule has 4 aromatic rings. The Morgan fingerprint density at radius 1 is 0.556 bits per heavy atom. The molecular weight excluding hydrogens is 576 g/mol. The summed E-state index contributed by atoms with van der Waals surface area (Å²) in [5.74, 6) is -1.81. The van der Waals surface area contributed by atoms with Gasteiger partial charge >= 0.3 is 17.9 Å². The first-order chi connectivity index (χ1) is 21.8. The number of ketones is 1. The van der Waals surface area contributed by atoms with Gasteiger partial charge in [0.15, 0.2) is 5.78 Å². The molecule has 0 aliphatic rings. The number of carbonyl (C=O) groups excluding carboxylic acids is 2. The molecule has 0 atom stereocenters. The Hall–Kier alpha value is -5.70. The molecule has 0 saturated heterocycles. The molecule has 0 aromatic heterocycles. The number of carboxylic acids is 2. The van der Waals surface area contributed by atoms with E-state index in [4.69, 9.17) is 24.4 Å². The lowest BCUT2D eigenvalue weighted by molar-refractivity contribution is 0.0691. The number of carboxylic acid groups (broad SMARTS) is 2. The van der Waals surface area contributed by atoms with Gasteiger partial charge in [0.05, 0.1) is 29.9 Å². The number of carbonyl (C=O) groups is 4. The Bertz CT molecular complexity index is 1610. The molecule has 0 amide bonds. The summed E-state index contributed by atoms with van der Waals surface area (Å²) in [7, 11) is 0. The zero-order valence-electron chi connectivity index (χ0n) is 24.4. The number of esters is 1. The van der Waals surface area contributed by atoms with Gasteiger partial charge in [0.1, 0.15) is 17.2 Å². The summed E-state index contributed by atoms with van der Waals surface area (Å²) >= 11 is 0. The van der Waals surface area contributed by atoms with Crippen molar-refractivity contribution in [3.05, 3.63) is 131 Å². The third kappa shape index (κ3) is 10.2. The van der Waals surface area contributed by atoms with Gasteiger partial charge < -0.3 is 24.4 Å². The molecular formula is C36H32O9. The first kappa shape index (κ1) is 32.2. The van der Waals surface area contributed by atoms with E-state index in [9.17, 15) is 19.2 Å². The topological polar surface area (TPSA) is 136 Å². The van der Waals surface area contributed by atoms with Crippen LogP contribution >= 0.6 is 0 Å². The molecule has 0 heterocycles. The minimum Gasteiger partial charge on any atom is -0.494 e. The number of unbranched alkanes of at least 4 members (excludes halogenated alkanes) is 3. The molecule has 0 spiro atoms. The molecule has 0 bridgehead atoms. The van der Waals surface area contributed by atoms with E-state index in [0.29, 0.717) is 42.3 Å². The third-order valence-corrected chi connectivity index (χ3v) is 6.64. The summed E-state index contributed by atoms with van der Waals surface area (Å²) in [6.45, 7) is 0.822. The fraction of sp³-hybridized carbons (Fsp3) is 0.167. The predicted molar refractivity (Wildman–Crippen MR) is 167 cm³/mol. The van der Waals surface area contributed by atoms with Crippen LogP contribution in [0.2, 0.25) is 0 Å². The number of aromatic carboxylic acids is 2. The van der Waals surface area contributed by atoms with Gasteiger partial charge in [-0.1, -0.05) is 48.5 Å². The Labute approximate surface area is 260 Å². The lowest BCUT2D eigenvalue weighted by atomic mass is 10.1. The number of rotatable bonds is 16. The van der Waals surface area contributed by atoms with E-state index in [1.54, 1.807) is 66.7 Å². The van der Waals surface area contributed by atoms with Crippen LogP contribution in [0.3, 0.4) is 0 Å². The maximum Gasteiger partial charge on any atom is 0.343 e. The summed E-state index contributed by atoms with van der Waals surface area (Å²) in [5, 5.41) is 18.3. The van der Waals surface area contributed by atoms with Gasteiger partial charge in [0.2, 0.25) is 0 Å². The van der Waals surface area contributed by atoms with Crippen LogP contribution in [0.15, 0.2) is 103 Å². The van der Waals surface area contributed by atoms with Crippen molar-refractivity contribution >= 4 is 29.8 Å². The predicted octanol–water partition coefficient (Wildman–Crippen LogP) is 7.22. The molecule has 9 nitrogen and oxygen atoms in total. The van der Waals surface area contributed by atoms with Crippen LogP contribution in [0.1, 0.15) is 72.7 Å². The van der Waals surface area contributed by atoms with E-state index in [1.807, 2.05) is 18.2 Å². The van der Waals surface area contributed by atoms with Crippen LogP contribution in [0.4, 0.5) is 0 Å². The Morgan fingerprint density at radius 3 is 1.69 bits per heavy atom. The average Bonchev–Trinajstić information content (AvgIpc) is 3.06.